The predicted molar refractivity (Wildman–Crippen MR) is 128 cm³/mol. The van der Waals surface area contributed by atoms with E-state index in [2.05, 4.69) is 34.7 Å². The summed E-state index contributed by atoms with van der Waals surface area (Å²) in [6.45, 7) is 6.12. The monoisotopic (exact) mass is 449 g/mol. The van der Waals surface area contributed by atoms with Gasteiger partial charge in [-0.15, -0.1) is 0 Å². The second-order valence-electron chi connectivity index (χ2n) is 8.15. The van der Waals surface area contributed by atoms with Gasteiger partial charge in [0.05, 0.1) is 19.8 Å². The van der Waals surface area contributed by atoms with Gasteiger partial charge in [0.1, 0.15) is 0 Å². The molecule has 2 amide bonds. The number of carbonyl (C=O) groups is 2. The summed E-state index contributed by atoms with van der Waals surface area (Å²) in [5.41, 5.74) is 2.91. The van der Waals surface area contributed by atoms with E-state index in [-0.39, 0.29) is 18.4 Å². The molecule has 1 fully saturated rings. The Morgan fingerprint density at radius 3 is 2.52 bits per heavy atom. The second-order valence-corrected chi connectivity index (χ2v) is 8.15. The summed E-state index contributed by atoms with van der Waals surface area (Å²) < 4.78 is 11.1. The molecule has 0 unspecified atom stereocenters. The summed E-state index contributed by atoms with van der Waals surface area (Å²) >= 11 is 0. The van der Waals surface area contributed by atoms with Crippen LogP contribution >= 0.6 is 0 Å². The van der Waals surface area contributed by atoms with E-state index in [1.165, 1.54) is 10.9 Å². The molecule has 2 N–H and O–H groups in total. The third kappa shape index (κ3) is 5.13. The molecule has 0 saturated carbocycles. The summed E-state index contributed by atoms with van der Waals surface area (Å²) in [6.07, 6.45) is 3.93. The molecule has 0 bridgehead atoms. The number of hydrogen-bond donors (Lipinski definition) is 2. The van der Waals surface area contributed by atoms with Crippen molar-refractivity contribution < 1.29 is 19.1 Å². The molecule has 33 heavy (non-hydrogen) atoms. The van der Waals surface area contributed by atoms with Crippen LogP contribution in [0.4, 0.5) is 0 Å². The molecule has 0 aliphatic carbocycles. The number of aromatic nitrogens is 1. The van der Waals surface area contributed by atoms with E-state index in [0.29, 0.717) is 49.3 Å². The van der Waals surface area contributed by atoms with Crippen LogP contribution in [0.25, 0.3) is 10.9 Å². The second kappa shape index (κ2) is 10.4. The molecule has 1 saturated heterocycles. The van der Waals surface area contributed by atoms with Crippen LogP contribution in [0, 0.1) is 0 Å². The lowest BCUT2D eigenvalue weighted by atomic mass is 9.89. The lowest BCUT2D eigenvalue weighted by Crippen LogP contribution is -2.43. The van der Waals surface area contributed by atoms with Crippen LogP contribution in [-0.4, -0.2) is 54.5 Å². The standard InChI is InChI=1S/C26H31N3O4/c1-3-32-23-10-9-19(15-24(23)33-4-2)26(31)28-17-25(30)29-13-11-18(12-14-29)21-16-27-22-8-6-5-7-20(21)22/h5-10,15-16,18,27H,3-4,11-14,17H2,1-2H3,(H,28,31). The Kier molecular flexibility index (Phi) is 7.17. The fourth-order valence-electron chi connectivity index (χ4n) is 4.43. The largest absolute Gasteiger partial charge is 0.490 e. The van der Waals surface area contributed by atoms with E-state index in [9.17, 15) is 9.59 Å². The number of H-pyrrole nitrogens is 1. The molecule has 3 aromatic rings. The van der Waals surface area contributed by atoms with Crippen molar-refractivity contribution in [1.29, 1.82) is 0 Å². The summed E-state index contributed by atoms with van der Waals surface area (Å²) in [5, 5.41) is 4.01. The molecule has 4 rings (SSSR count). The molecule has 2 heterocycles. The maximum atomic E-state index is 12.7. The molecular formula is C26H31N3O4. The van der Waals surface area contributed by atoms with Crippen molar-refractivity contribution >= 4 is 22.7 Å². The highest BCUT2D eigenvalue weighted by Crippen LogP contribution is 2.33. The minimum Gasteiger partial charge on any atom is -0.490 e. The van der Waals surface area contributed by atoms with Gasteiger partial charge in [-0.05, 0) is 62.4 Å². The lowest BCUT2D eigenvalue weighted by Gasteiger charge is -2.32. The minimum absolute atomic E-state index is 0.0201. The minimum atomic E-state index is -0.305. The quantitative estimate of drug-likeness (QED) is 0.542. The average molecular weight is 450 g/mol. The van der Waals surface area contributed by atoms with Gasteiger partial charge >= 0.3 is 0 Å². The van der Waals surface area contributed by atoms with Gasteiger partial charge in [-0.2, -0.15) is 0 Å². The molecule has 2 aromatic carbocycles. The normalized spacial score (nSPS) is 14.3. The Morgan fingerprint density at radius 1 is 1.03 bits per heavy atom. The molecule has 7 nitrogen and oxygen atoms in total. The van der Waals surface area contributed by atoms with Crippen LogP contribution in [0.2, 0.25) is 0 Å². The average Bonchev–Trinajstić information content (AvgIpc) is 3.28. The molecule has 1 aromatic heterocycles. The smallest absolute Gasteiger partial charge is 0.251 e. The number of hydrogen-bond acceptors (Lipinski definition) is 4. The number of aromatic amines is 1. The van der Waals surface area contributed by atoms with Crippen molar-refractivity contribution in [2.75, 3.05) is 32.8 Å². The Hall–Kier alpha value is -3.48. The number of amides is 2. The maximum absolute atomic E-state index is 12.7. The number of ether oxygens (including phenoxy) is 2. The van der Waals surface area contributed by atoms with E-state index in [4.69, 9.17) is 9.47 Å². The van der Waals surface area contributed by atoms with E-state index in [1.807, 2.05) is 24.8 Å². The fraction of sp³-hybridized carbons (Fsp3) is 0.385. The molecule has 0 spiro atoms. The number of fused-ring (bicyclic) bond motifs is 1. The Labute approximate surface area is 194 Å². The van der Waals surface area contributed by atoms with Gasteiger partial charge in [-0.25, -0.2) is 0 Å². The number of rotatable bonds is 8. The van der Waals surface area contributed by atoms with Gasteiger partial charge in [-0.3, -0.25) is 9.59 Å². The fourth-order valence-corrected chi connectivity index (χ4v) is 4.43. The van der Waals surface area contributed by atoms with E-state index in [0.717, 1.165) is 18.4 Å². The molecule has 1 aliphatic heterocycles. The summed E-state index contributed by atoms with van der Waals surface area (Å²) in [7, 11) is 0. The topological polar surface area (TPSA) is 83.7 Å². The number of piperidine rings is 1. The van der Waals surface area contributed by atoms with E-state index < -0.39 is 0 Å². The van der Waals surface area contributed by atoms with Crippen molar-refractivity contribution in [3.63, 3.8) is 0 Å². The highest BCUT2D eigenvalue weighted by molar-refractivity contribution is 5.97. The van der Waals surface area contributed by atoms with Gasteiger partial charge in [0.25, 0.3) is 5.91 Å². The first-order valence-electron chi connectivity index (χ1n) is 11.6. The van der Waals surface area contributed by atoms with Gasteiger partial charge in [-0.1, -0.05) is 18.2 Å². The SMILES string of the molecule is CCOc1ccc(C(=O)NCC(=O)N2CCC(c3c[nH]c4ccccc34)CC2)cc1OCC. The van der Waals surface area contributed by atoms with Crippen molar-refractivity contribution in [2.45, 2.75) is 32.6 Å². The molecule has 0 atom stereocenters. The van der Waals surface area contributed by atoms with Crippen LogP contribution < -0.4 is 14.8 Å². The van der Waals surface area contributed by atoms with Gasteiger partial charge in [0, 0.05) is 35.8 Å². The van der Waals surface area contributed by atoms with Crippen LogP contribution in [0.1, 0.15) is 48.5 Å². The zero-order valence-electron chi connectivity index (χ0n) is 19.2. The Balaban J connectivity index is 1.30. The highest BCUT2D eigenvalue weighted by atomic mass is 16.5. The number of benzene rings is 2. The molecular weight excluding hydrogens is 418 g/mol. The first-order valence-corrected chi connectivity index (χ1v) is 11.6. The number of para-hydroxylation sites is 1. The van der Waals surface area contributed by atoms with Crippen LogP contribution in [0.15, 0.2) is 48.7 Å². The maximum Gasteiger partial charge on any atom is 0.251 e. The summed E-state index contributed by atoms with van der Waals surface area (Å²) in [4.78, 5) is 30.5. The molecule has 1 aliphatic rings. The predicted octanol–water partition coefficient (Wildman–Crippen LogP) is 4.10. The first kappa shape index (κ1) is 22.7. The highest BCUT2D eigenvalue weighted by Gasteiger charge is 2.25. The molecule has 0 radical (unpaired) electrons. The molecule has 174 valence electrons. The Bertz CT molecular complexity index is 1120. The summed E-state index contributed by atoms with van der Waals surface area (Å²) in [6, 6.07) is 13.4. The lowest BCUT2D eigenvalue weighted by molar-refractivity contribution is -0.131. The van der Waals surface area contributed by atoms with Crippen LogP contribution in [-0.2, 0) is 4.79 Å². The van der Waals surface area contributed by atoms with Crippen molar-refractivity contribution in [1.82, 2.24) is 15.2 Å². The zero-order valence-corrected chi connectivity index (χ0v) is 19.2. The van der Waals surface area contributed by atoms with Gasteiger partial charge in [0.15, 0.2) is 11.5 Å². The third-order valence-corrected chi connectivity index (χ3v) is 6.11. The number of nitrogens with zero attached hydrogens (tertiary/aromatic N) is 1. The number of nitrogens with one attached hydrogen (secondary N) is 2. The van der Waals surface area contributed by atoms with Crippen LogP contribution in [0.3, 0.4) is 0 Å². The zero-order chi connectivity index (χ0) is 23.2. The number of carbonyl (C=O) groups excluding carboxylic acids is 2. The van der Waals surface area contributed by atoms with E-state index in [1.54, 1.807) is 18.2 Å². The van der Waals surface area contributed by atoms with E-state index >= 15 is 0 Å². The Morgan fingerprint density at radius 2 is 1.76 bits per heavy atom. The van der Waals surface area contributed by atoms with Crippen LogP contribution in [0.5, 0.6) is 11.5 Å². The van der Waals surface area contributed by atoms with Gasteiger partial charge < -0.3 is 24.7 Å². The first-order chi connectivity index (χ1) is 16.1. The van der Waals surface area contributed by atoms with Crippen molar-refractivity contribution in [3.8, 4) is 11.5 Å². The van der Waals surface area contributed by atoms with Crippen molar-refractivity contribution in [3.05, 3.63) is 59.8 Å². The third-order valence-electron chi connectivity index (χ3n) is 6.11. The van der Waals surface area contributed by atoms with Gasteiger partial charge in [0.2, 0.25) is 5.91 Å². The molecule has 7 heteroatoms. The summed E-state index contributed by atoms with van der Waals surface area (Å²) in [5.74, 6) is 1.20. The van der Waals surface area contributed by atoms with Crippen molar-refractivity contribution in [2.24, 2.45) is 0 Å². The number of likely N-dealkylation sites (tertiary alicyclic amines) is 1.